The number of benzene rings is 1. The van der Waals surface area contributed by atoms with Crippen molar-refractivity contribution in [1.82, 2.24) is 15.5 Å². The number of nitrogens with one attached hydrogen (secondary N) is 2. The van der Waals surface area contributed by atoms with Crippen LogP contribution in [0.5, 0.6) is 0 Å². The standard InChI is InChI=1S/C26H41N3O6/c1-15(2)21(28-25(33)35-26(7,8)9)24(32)29(16(3)4)22(23(31)27-14-20(30)34-10)19-12-11-17(5)13-18(19)6/h11-13,15-16,21-22H,14H2,1-10H3,(H,27,31)(H,28,33). The number of alkyl carbamates (subject to hydrolysis) is 1. The number of methoxy groups -OCH3 is 1. The van der Waals surface area contributed by atoms with Gasteiger partial charge in [0, 0.05) is 6.04 Å². The van der Waals surface area contributed by atoms with Gasteiger partial charge in [0.25, 0.3) is 0 Å². The van der Waals surface area contributed by atoms with Gasteiger partial charge in [0.15, 0.2) is 0 Å². The highest BCUT2D eigenvalue weighted by molar-refractivity contribution is 5.93. The number of hydrogen-bond acceptors (Lipinski definition) is 6. The average Bonchev–Trinajstić information content (AvgIpc) is 2.72. The maximum absolute atomic E-state index is 13.9. The highest BCUT2D eigenvalue weighted by atomic mass is 16.6. The predicted molar refractivity (Wildman–Crippen MR) is 134 cm³/mol. The minimum absolute atomic E-state index is 0.283. The number of amides is 3. The lowest BCUT2D eigenvalue weighted by molar-refractivity contribution is -0.146. The molecule has 0 aliphatic rings. The van der Waals surface area contributed by atoms with Crippen LogP contribution in [0, 0.1) is 19.8 Å². The van der Waals surface area contributed by atoms with E-state index >= 15 is 0 Å². The molecule has 0 spiro atoms. The molecule has 1 aromatic rings. The van der Waals surface area contributed by atoms with Gasteiger partial charge in [0.1, 0.15) is 24.2 Å². The molecule has 0 bridgehead atoms. The molecule has 9 nitrogen and oxygen atoms in total. The van der Waals surface area contributed by atoms with Crippen LogP contribution in [0.15, 0.2) is 18.2 Å². The van der Waals surface area contributed by atoms with Crippen molar-refractivity contribution >= 4 is 23.9 Å². The topological polar surface area (TPSA) is 114 Å². The van der Waals surface area contributed by atoms with E-state index in [1.54, 1.807) is 40.7 Å². The van der Waals surface area contributed by atoms with Crippen LogP contribution in [0.25, 0.3) is 0 Å². The molecule has 0 aromatic heterocycles. The minimum Gasteiger partial charge on any atom is -0.468 e. The Hall–Kier alpha value is -3.10. The van der Waals surface area contributed by atoms with Crippen LogP contribution < -0.4 is 10.6 Å². The molecule has 2 atom stereocenters. The Bertz CT molecular complexity index is 920. The molecular weight excluding hydrogens is 450 g/mol. The normalized spacial score (nSPS) is 13.1. The fourth-order valence-corrected chi connectivity index (χ4v) is 3.67. The van der Waals surface area contributed by atoms with Crippen LogP contribution in [0.2, 0.25) is 0 Å². The smallest absolute Gasteiger partial charge is 0.408 e. The van der Waals surface area contributed by atoms with Gasteiger partial charge in [0.05, 0.1) is 7.11 Å². The molecule has 2 unspecified atom stereocenters. The molecule has 196 valence electrons. The van der Waals surface area contributed by atoms with Crippen molar-refractivity contribution < 1.29 is 28.7 Å². The molecule has 0 aliphatic carbocycles. The summed E-state index contributed by atoms with van der Waals surface area (Å²) in [4.78, 5) is 53.0. The van der Waals surface area contributed by atoms with E-state index in [1.165, 1.54) is 12.0 Å². The second-order valence-electron chi connectivity index (χ2n) is 10.3. The summed E-state index contributed by atoms with van der Waals surface area (Å²) in [7, 11) is 1.23. The molecule has 0 aliphatic heterocycles. The number of rotatable bonds is 9. The maximum atomic E-state index is 13.9. The molecule has 0 saturated carbocycles. The van der Waals surface area contributed by atoms with E-state index in [2.05, 4.69) is 15.4 Å². The Morgan fingerprint density at radius 1 is 1.03 bits per heavy atom. The molecule has 9 heteroatoms. The third-order valence-electron chi connectivity index (χ3n) is 5.30. The Kier molecular flexibility index (Phi) is 10.7. The summed E-state index contributed by atoms with van der Waals surface area (Å²) in [6, 6.07) is 3.23. The minimum atomic E-state index is -1.03. The van der Waals surface area contributed by atoms with Crippen LogP contribution in [-0.4, -0.2) is 60.1 Å². The summed E-state index contributed by atoms with van der Waals surface area (Å²) in [6.45, 7) is 15.9. The van der Waals surface area contributed by atoms with Gasteiger partial charge in [-0.2, -0.15) is 0 Å². The quantitative estimate of drug-likeness (QED) is 0.512. The number of esters is 1. The lowest BCUT2D eigenvalue weighted by Crippen LogP contribution is -2.57. The number of carbonyl (C=O) groups is 4. The Labute approximate surface area is 208 Å². The third kappa shape index (κ3) is 8.88. The highest BCUT2D eigenvalue weighted by Gasteiger charge is 2.39. The lowest BCUT2D eigenvalue weighted by Gasteiger charge is -2.38. The zero-order valence-corrected chi connectivity index (χ0v) is 22.6. The Morgan fingerprint density at radius 3 is 2.09 bits per heavy atom. The van der Waals surface area contributed by atoms with E-state index < -0.39 is 47.6 Å². The van der Waals surface area contributed by atoms with Crippen LogP contribution >= 0.6 is 0 Å². The largest absolute Gasteiger partial charge is 0.468 e. The summed E-state index contributed by atoms with van der Waals surface area (Å²) in [6.07, 6.45) is -0.716. The first-order valence-electron chi connectivity index (χ1n) is 11.8. The molecule has 1 aromatic carbocycles. The van der Waals surface area contributed by atoms with Crippen molar-refractivity contribution in [2.45, 2.75) is 86.0 Å². The van der Waals surface area contributed by atoms with Gasteiger partial charge in [0.2, 0.25) is 11.8 Å². The number of carbonyl (C=O) groups excluding carboxylic acids is 4. The fourth-order valence-electron chi connectivity index (χ4n) is 3.67. The Balaban J connectivity index is 3.49. The number of ether oxygens (including phenoxy) is 2. The first-order valence-corrected chi connectivity index (χ1v) is 11.8. The van der Waals surface area contributed by atoms with Crippen LogP contribution in [0.4, 0.5) is 4.79 Å². The van der Waals surface area contributed by atoms with Gasteiger partial charge >= 0.3 is 12.1 Å². The van der Waals surface area contributed by atoms with Gasteiger partial charge in [-0.15, -0.1) is 0 Å². The van der Waals surface area contributed by atoms with E-state index in [4.69, 9.17) is 4.74 Å². The number of hydrogen-bond donors (Lipinski definition) is 2. The number of aryl methyl sites for hydroxylation is 2. The van der Waals surface area contributed by atoms with E-state index in [1.807, 2.05) is 39.8 Å². The molecule has 1 rings (SSSR count). The van der Waals surface area contributed by atoms with Crippen LogP contribution in [0.3, 0.4) is 0 Å². The van der Waals surface area contributed by atoms with Gasteiger partial charge in [-0.3, -0.25) is 14.4 Å². The van der Waals surface area contributed by atoms with Gasteiger partial charge in [-0.05, 0) is 65.5 Å². The van der Waals surface area contributed by atoms with Crippen molar-refractivity contribution in [2.75, 3.05) is 13.7 Å². The van der Waals surface area contributed by atoms with Gasteiger partial charge in [-0.1, -0.05) is 37.6 Å². The van der Waals surface area contributed by atoms with Crippen molar-refractivity contribution in [1.29, 1.82) is 0 Å². The van der Waals surface area contributed by atoms with Crippen LogP contribution in [-0.2, 0) is 23.9 Å². The summed E-state index contributed by atoms with van der Waals surface area (Å²) >= 11 is 0. The summed E-state index contributed by atoms with van der Waals surface area (Å²) < 4.78 is 10.00. The second kappa shape index (κ2) is 12.6. The predicted octanol–water partition coefficient (Wildman–Crippen LogP) is 3.42. The fraction of sp³-hybridized carbons (Fsp3) is 0.615. The van der Waals surface area contributed by atoms with E-state index in [-0.39, 0.29) is 12.5 Å². The molecule has 0 radical (unpaired) electrons. The molecule has 0 saturated heterocycles. The SMILES string of the molecule is COC(=O)CNC(=O)C(c1ccc(C)cc1C)N(C(=O)C(NC(=O)OC(C)(C)C)C(C)C)C(C)C. The highest BCUT2D eigenvalue weighted by Crippen LogP contribution is 2.29. The molecular formula is C26H41N3O6. The zero-order valence-electron chi connectivity index (χ0n) is 22.6. The molecule has 0 fully saturated rings. The third-order valence-corrected chi connectivity index (χ3v) is 5.30. The number of nitrogens with zero attached hydrogens (tertiary/aromatic N) is 1. The van der Waals surface area contributed by atoms with E-state index in [0.717, 1.165) is 11.1 Å². The molecule has 35 heavy (non-hydrogen) atoms. The summed E-state index contributed by atoms with van der Waals surface area (Å²) in [5.41, 5.74) is 1.72. The molecule has 3 amide bonds. The molecule has 2 N–H and O–H groups in total. The average molecular weight is 492 g/mol. The van der Waals surface area contributed by atoms with E-state index in [9.17, 15) is 19.2 Å². The Morgan fingerprint density at radius 2 is 1.63 bits per heavy atom. The van der Waals surface area contributed by atoms with Crippen molar-refractivity contribution in [3.63, 3.8) is 0 Å². The van der Waals surface area contributed by atoms with E-state index in [0.29, 0.717) is 5.56 Å². The molecule has 0 heterocycles. The summed E-state index contributed by atoms with van der Waals surface area (Å²) in [5, 5.41) is 5.26. The van der Waals surface area contributed by atoms with Gasteiger partial charge < -0.3 is 25.0 Å². The first-order chi connectivity index (χ1) is 16.1. The lowest BCUT2D eigenvalue weighted by atomic mass is 9.94. The second-order valence-corrected chi connectivity index (χ2v) is 10.3. The first kappa shape index (κ1) is 29.9. The van der Waals surface area contributed by atoms with Crippen molar-refractivity contribution in [3.05, 3.63) is 34.9 Å². The van der Waals surface area contributed by atoms with Gasteiger partial charge in [-0.25, -0.2) is 4.79 Å². The maximum Gasteiger partial charge on any atom is 0.408 e. The monoisotopic (exact) mass is 491 g/mol. The summed E-state index contributed by atoms with van der Waals surface area (Å²) in [5.74, 6) is -1.84. The van der Waals surface area contributed by atoms with Crippen molar-refractivity contribution in [2.24, 2.45) is 5.92 Å². The van der Waals surface area contributed by atoms with Crippen LogP contribution in [0.1, 0.15) is 71.2 Å². The zero-order chi connectivity index (χ0) is 27.1. The van der Waals surface area contributed by atoms with Crippen molar-refractivity contribution in [3.8, 4) is 0 Å².